The van der Waals surface area contributed by atoms with Crippen LogP contribution in [0.2, 0.25) is 0 Å². The number of hydrogen-bond acceptors (Lipinski definition) is 4. The molecule has 6 nitrogen and oxygen atoms in total. The highest BCUT2D eigenvalue weighted by atomic mass is 19.1. The first-order valence-corrected chi connectivity index (χ1v) is 8.76. The fourth-order valence-electron chi connectivity index (χ4n) is 3.13. The van der Waals surface area contributed by atoms with Crippen LogP contribution in [-0.4, -0.2) is 20.4 Å². The predicted octanol–water partition coefficient (Wildman–Crippen LogP) is 3.42. The number of allylic oxidation sites excluding steroid dienone is 1. The third-order valence-electron chi connectivity index (χ3n) is 4.50. The quantitative estimate of drug-likeness (QED) is 0.524. The Balaban J connectivity index is 1.77. The van der Waals surface area contributed by atoms with Crippen LogP contribution >= 0.6 is 0 Å². The van der Waals surface area contributed by atoms with Gasteiger partial charge in [0.1, 0.15) is 22.7 Å². The van der Waals surface area contributed by atoms with Crippen LogP contribution in [0.4, 0.5) is 10.2 Å². The van der Waals surface area contributed by atoms with E-state index in [-0.39, 0.29) is 29.7 Å². The number of amides is 1. The number of nitrogens with one attached hydrogen (secondary N) is 1. The molecule has 0 saturated carbocycles. The Bertz CT molecular complexity index is 1200. The minimum atomic E-state index is -0.362. The maximum Gasteiger partial charge on any atom is 0.257 e. The first-order valence-electron chi connectivity index (χ1n) is 8.76. The summed E-state index contributed by atoms with van der Waals surface area (Å²) in [5.41, 5.74) is 9.70. The Labute approximate surface area is 160 Å². The number of nitrogens with two attached hydrogens (primary N) is 1. The molecule has 2 heterocycles. The number of hydrogen-bond donors (Lipinski definition) is 2. The summed E-state index contributed by atoms with van der Waals surface area (Å²) < 4.78 is 14.8. The zero-order valence-corrected chi connectivity index (χ0v) is 15.0. The number of aromatic nitrogens is 3. The van der Waals surface area contributed by atoms with E-state index in [9.17, 15) is 9.18 Å². The minimum absolute atomic E-state index is 0.244. The van der Waals surface area contributed by atoms with Crippen molar-refractivity contribution < 1.29 is 9.18 Å². The van der Waals surface area contributed by atoms with Crippen molar-refractivity contribution in [3.05, 3.63) is 78.1 Å². The maximum absolute atomic E-state index is 13.1. The molecule has 28 heavy (non-hydrogen) atoms. The van der Waals surface area contributed by atoms with Gasteiger partial charge < -0.3 is 15.6 Å². The molecule has 0 fully saturated rings. The molecule has 2 aromatic carbocycles. The number of benzene rings is 2. The van der Waals surface area contributed by atoms with E-state index in [1.54, 1.807) is 22.8 Å². The van der Waals surface area contributed by atoms with Gasteiger partial charge in [-0.2, -0.15) is 0 Å². The number of carbonyl (C=O) groups excluding carboxylic acids is 1. The Morgan fingerprint density at radius 1 is 1.14 bits per heavy atom. The standard InChI is InChI=1S/C21H18FN5O/c1-2-11-27-19(23)17(21(28)24-12-13-7-9-14(22)10-8-13)18-20(27)26-16-6-4-3-5-15(16)25-18/h2-10H,1,11-12,23H2,(H,24,28). The third kappa shape index (κ3) is 3.07. The summed E-state index contributed by atoms with van der Waals surface area (Å²) in [6.07, 6.45) is 1.69. The lowest BCUT2D eigenvalue weighted by atomic mass is 10.2. The summed E-state index contributed by atoms with van der Waals surface area (Å²) in [6.45, 7) is 4.39. The first-order chi connectivity index (χ1) is 13.6. The van der Waals surface area contributed by atoms with Crippen LogP contribution in [0.5, 0.6) is 0 Å². The predicted molar refractivity (Wildman–Crippen MR) is 107 cm³/mol. The summed E-state index contributed by atoms with van der Waals surface area (Å²) >= 11 is 0. The van der Waals surface area contributed by atoms with Crippen LogP contribution in [0.1, 0.15) is 15.9 Å². The number of carbonyl (C=O) groups is 1. The zero-order chi connectivity index (χ0) is 19.7. The van der Waals surface area contributed by atoms with Crippen LogP contribution < -0.4 is 11.1 Å². The highest BCUT2D eigenvalue weighted by Gasteiger charge is 2.23. The van der Waals surface area contributed by atoms with E-state index in [0.29, 0.717) is 23.2 Å². The molecule has 3 N–H and O–H groups in total. The van der Waals surface area contributed by atoms with Crippen molar-refractivity contribution >= 4 is 33.9 Å². The molecular formula is C21H18FN5O. The molecular weight excluding hydrogens is 357 g/mol. The van der Waals surface area contributed by atoms with E-state index in [1.165, 1.54) is 12.1 Å². The van der Waals surface area contributed by atoms with Crippen molar-refractivity contribution in [3.8, 4) is 0 Å². The molecule has 0 saturated heterocycles. The van der Waals surface area contributed by atoms with Crippen LogP contribution in [0, 0.1) is 5.82 Å². The van der Waals surface area contributed by atoms with Crippen molar-refractivity contribution in [2.24, 2.45) is 0 Å². The number of nitrogen functional groups attached to an aromatic ring is 1. The number of rotatable bonds is 5. The summed E-state index contributed by atoms with van der Waals surface area (Å²) in [4.78, 5) is 22.2. The number of nitrogens with zero attached hydrogens (tertiary/aromatic N) is 3. The van der Waals surface area contributed by atoms with Crippen LogP contribution in [0.15, 0.2) is 61.2 Å². The molecule has 0 bridgehead atoms. The van der Waals surface area contributed by atoms with Gasteiger partial charge in [-0.15, -0.1) is 6.58 Å². The van der Waals surface area contributed by atoms with Gasteiger partial charge in [0.05, 0.1) is 11.0 Å². The molecule has 140 valence electrons. The van der Waals surface area contributed by atoms with Crippen LogP contribution in [0.3, 0.4) is 0 Å². The van der Waals surface area contributed by atoms with Gasteiger partial charge in [0.25, 0.3) is 5.91 Å². The lowest BCUT2D eigenvalue weighted by Crippen LogP contribution is -2.24. The summed E-state index contributed by atoms with van der Waals surface area (Å²) in [6, 6.07) is 13.4. The van der Waals surface area contributed by atoms with Gasteiger partial charge in [-0.1, -0.05) is 30.3 Å². The average molecular weight is 375 g/mol. The van der Waals surface area contributed by atoms with Crippen molar-refractivity contribution in [1.82, 2.24) is 19.9 Å². The van der Waals surface area contributed by atoms with Gasteiger partial charge >= 0.3 is 0 Å². The zero-order valence-electron chi connectivity index (χ0n) is 15.0. The second-order valence-corrected chi connectivity index (χ2v) is 6.35. The SMILES string of the molecule is C=CCn1c(N)c(C(=O)NCc2ccc(F)cc2)c2nc3ccccc3nc21. The molecule has 0 unspecified atom stereocenters. The molecule has 0 aliphatic rings. The normalized spacial score (nSPS) is 11.0. The maximum atomic E-state index is 13.1. The molecule has 0 spiro atoms. The molecule has 2 aromatic heterocycles. The number of halogens is 1. The Morgan fingerprint density at radius 2 is 1.82 bits per heavy atom. The minimum Gasteiger partial charge on any atom is -0.384 e. The first kappa shape index (κ1) is 17.7. The Kier molecular flexibility index (Phi) is 4.49. The number of anilines is 1. The van der Waals surface area contributed by atoms with Crippen molar-refractivity contribution in [2.45, 2.75) is 13.1 Å². The van der Waals surface area contributed by atoms with Gasteiger partial charge in [0.15, 0.2) is 5.65 Å². The van der Waals surface area contributed by atoms with Gasteiger partial charge in [-0.25, -0.2) is 14.4 Å². The van der Waals surface area contributed by atoms with Crippen molar-refractivity contribution in [3.63, 3.8) is 0 Å². The van der Waals surface area contributed by atoms with Crippen molar-refractivity contribution in [1.29, 1.82) is 0 Å². The van der Waals surface area contributed by atoms with Gasteiger partial charge in [0, 0.05) is 13.1 Å². The van der Waals surface area contributed by atoms with Gasteiger partial charge in [-0.05, 0) is 29.8 Å². The van der Waals surface area contributed by atoms with E-state index in [2.05, 4.69) is 21.9 Å². The molecule has 0 aliphatic heterocycles. The van der Waals surface area contributed by atoms with Crippen molar-refractivity contribution in [2.75, 3.05) is 5.73 Å². The average Bonchev–Trinajstić information content (AvgIpc) is 2.97. The van der Waals surface area contributed by atoms with Crippen LogP contribution in [0.25, 0.3) is 22.2 Å². The van der Waals surface area contributed by atoms with Crippen LogP contribution in [-0.2, 0) is 13.1 Å². The topological polar surface area (TPSA) is 85.8 Å². The third-order valence-corrected chi connectivity index (χ3v) is 4.50. The highest BCUT2D eigenvalue weighted by molar-refractivity contribution is 6.10. The van der Waals surface area contributed by atoms with E-state index in [4.69, 9.17) is 5.73 Å². The number of para-hydroxylation sites is 2. The Hall–Kier alpha value is -3.74. The molecule has 7 heteroatoms. The molecule has 0 aliphatic carbocycles. The molecule has 1 amide bonds. The molecule has 0 radical (unpaired) electrons. The lowest BCUT2D eigenvalue weighted by molar-refractivity contribution is 0.0953. The second kappa shape index (κ2) is 7.11. The summed E-state index contributed by atoms with van der Waals surface area (Å²) in [7, 11) is 0. The van der Waals surface area contributed by atoms with E-state index in [1.807, 2.05) is 24.3 Å². The monoisotopic (exact) mass is 375 g/mol. The smallest absolute Gasteiger partial charge is 0.257 e. The number of fused-ring (bicyclic) bond motifs is 2. The van der Waals surface area contributed by atoms with E-state index in [0.717, 1.165) is 11.1 Å². The lowest BCUT2D eigenvalue weighted by Gasteiger charge is -2.06. The summed E-state index contributed by atoms with van der Waals surface area (Å²) in [5, 5.41) is 2.82. The fraction of sp³-hybridized carbons (Fsp3) is 0.0952. The van der Waals surface area contributed by atoms with E-state index >= 15 is 0 Å². The molecule has 4 rings (SSSR count). The fourth-order valence-corrected chi connectivity index (χ4v) is 3.13. The molecule has 0 atom stereocenters. The van der Waals surface area contributed by atoms with Gasteiger partial charge in [0.2, 0.25) is 0 Å². The Morgan fingerprint density at radius 3 is 2.50 bits per heavy atom. The van der Waals surface area contributed by atoms with E-state index < -0.39 is 0 Å². The van der Waals surface area contributed by atoms with Gasteiger partial charge in [-0.3, -0.25) is 4.79 Å². The molecule has 4 aromatic rings. The second-order valence-electron chi connectivity index (χ2n) is 6.35. The highest BCUT2D eigenvalue weighted by Crippen LogP contribution is 2.27. The largest absolute Gasteiger partial charge is 0.384 e. The summed E-state index contributed by atoms with van der Waals surface area (Å²) in [5.74, 6) is -0.407.